The summed E-state index contributed by atoms with van der Waals surface area (Å²) in [5.41, 5.74) is 3.65. The molecule has 2 aromatic heterocycles. The molecule has 0 radical (unpaired) electrons. The maximum atomic E-state index is 4.87. The van der Waals surface area contributed by atoms with Crippen molar-refractivity contribution in [1.29, 1.82) is 0 Å². The van der Waals surface area contributed by atoms with E-state index in [9.17, 15) is 0 Å². The van der Waals surface area contributed by atoms with Gasteiger partial charge in [-0.05, 0) is 0 Å². The van der Waals surface area contributed by atoms with E-state index in [1.165, 1.54) is 11.4 Å². The van der Waals surface area contributed by atoms with Crippen LogP contribution >= 0.6 is 0 Å². The first-order valence-corrected chi connectivity index (χ1v) is 6.77. The van der Waals surface area contributed by atoms with Gasteiger partial charge in [-0.1, -0.05) is 20.8 Å². The quantitative estimate of drug-likeness (QED) is 0.845. The predicted octanol–water partition coefficient (Wildman–Crippen LogP) is 1.55. The number of hydrogen-bond donors (Lipinski definition) is 1. The number of imidazole rings is 1. The molecule has 102 valence electrons. The molecule has 0 atom stereocenters. The van der Waals surface area contributed by atoms with Crippen molar-refractivity contribution in [2.24, 2.45) is 7.05 Å². The molecular weight excluding hydrogens is 238 g/mol. The lowest BCUT2D eigenvalue weighted by Crippen LogP contribution is -2.25. The van der Waals surface area contributed by atoms with Crippen LogP contribution in [0, 0.1) is 0 Å². The Labute approximate surface area is 113 Å². The van der Waals surface area contributed by atoms with E-state index in [4.69, 9.17) is 4.98 Å². The Kier molecular flexibility index (Phi) is 2.74. The minimum absolute atomic E-state index is 0.0210. The minimum atomic E-state index is 0.0210. The molecule has 1 N–H and O–H groups in total. The molecule has 3 rings (SSSR count). The summed E-state index contributed by atoms with van der Waals surface area (Å²) >= 11 is 0. The molecule has 0 unspecified atom stereocenters. The Hall–Kier alpha value is -1.62. The summed E-state index contributed by atoms with van der Waals surface area (Å²) in [6, 6.07) is 0. The highest BCUT2D eigenvalue weighted by Gasteiger charge is 2.28. The molecule has 2 aromatic rings. The second-order valence-electron chi connectivity index (χ2n) is 6.21. The van der Waals surface area contributed by atoms with Crippen LogP contribution in [0.1, 0.15) is 38.0 Å². The van der Waals surface area contributed by atoms with Crippen molar-refractivity contribution in [2.45, 2.75) is 39.2 Å². The van der Waals surface area contributed by atoms with Crippen molar-refractivity contribution in [2.75, 3.05) is 6.54 Å². The highest BCUT2D eigenvalue weighted by Crippen LogP contribution is 2.29. The molecule has 1 aliphatic heterocycles. The van der Waals surface area contributed by atoms with Crippen molar-refractivity contribution >= 4 is 0 Å². The number of fused-ring (bicyclic) bond motifs is 1. The fourth-order valence-electron chi connectivity index (χ4n) is 2.62. The summed E-state index contributed by atoms with van der Waals surface area (Å²) in [5, 5.41) is 7.69. The van der Waals surface area contributed by atoms with E-state index < -0.39 is 0 Å². The Morgan fingerprint density at radius 2 is 2.11 bits per heavy atom. The lowest BCUT2D eigenvalue weighted by Gasteiger charge is -2.20. The van der Waals surface area contributed by atoms with Gasteiger partial charge in [0.1, 0.15) is 5.82 Å². The van der Waals surface area contributed by atoms with E-state index >= 15 is 0 Å². The predicted molar refractivity (Wildman–Crippen MR) is 74.4 cm³/mol. The third-order valence-corrected chi connectivity index (χ3v) is 3.51. The molecule has 5 nitrogen and oxygen atoms in total. The van der Waals surface area contributed by atoms with Crippen molar-refractivity contribution in [3.05, 3.63) is 29.6 Å². The van der Waals surface area contributed by atoms with E-state index in [1.54, 1.807) is 0 Å². The van der Waals surface area contributed by atoms with Gasteiger partial charge >= 0.3 is 0 Å². The Balaban J connectivity index is 2.22. The zero-order valence-electron chi connectivity index (χ0n) is 12.1. The maximum Gasteiger partial charge on any atom is 0.119 e. The van der Waals surface area contributed by atoms with Crippen LogP contribution in [0.3, 0.4) is 0 Å². The standard InChI is InChI=1S/C14H21N5/c1-14(2,3)13-17-11-8-15-6-5-12(11)19(13)10-7-16-18(4)9-10/h7,9,15H,5-6,8H2,1-4H3. The fourth-order valence-corrected chi connectivity index (χ4v) is 2.62. The average molecular weight is 259 g/mol. The van der Waals surface area contributed by atoms with Crippen LogP contribution in [-0.2, 0) is 25.4 Å². The van der Waals surface area contributed by atoms with Gasteiger partial charge in [-0.25, -0.2) is 4.98 Å². The SMILES string of the molecule is Cn1cc(-n2c(C(C)(C)C)nc3c2CCNC3)cn1. The van der Waals surface area contributed by atoms with Crippen LogP contribution in [0.5, 0.6) is 0 Å². The Bertz CT molecular complexity index is 600. The van der Waals surface area contributed by atoms with Gasteiger partial charge in [-0.2, -0.15) is 5.10 Å². The highest BCUT2D eigenvalue weighted by atomic mass is 15.3. The number of rotatable bonds is 1. The summed E-state index contributed by atoms with van der Waals surface area (Å²) in [4.78, 5) is 4.87. The van der Waals surface area contributed by atoms with Gasteiger partial charge in [0.05, 0.1) is 17.6 Å². The Morgan fingerprint density at radius 1 is 1.32 bits per heavy atom. The zero-order valence-corrected chi connectivity index (χ0v) is 12.1. The molecule has 0 bridgehead atoms. The smallest absolute Gasteiger partial charge is 0.119 e. The summed E-state index contributed by atoms with van der Waals surface area (Å²) in [6.07, 6.45) is 4.99. The summed E-state index contributed by atoms with van der Waals surface area (Å²) in [5.74, 6) is 1.12. The molecule has 3 heterocycles. The first-order valence-electron chi connectivity index (χ1n) is 6.77. The second kappa shape index (κ2) is 4.20. The average Bonchev–Trinajstić information content (AvgIpc) is 2.91. The minimum Gasteiger partial charge on any atom is -0.311 e. The van der Waals surface area contributed by atoms with Gasteiger partial charge < -0.3 is 5.32 Å². The molecular formula is C14H21N5. The number of aromatic nitrogens is 4. The monoisotopic (exact) mass is 259 g/mol. The topological polar surface area (TPSA) is 47.7 Å². The number of hydrogen-bond acceptors (Lipinski definition) is 3. The molecule has 0 saturated carbocycles. The number of nitrogens with zero attached hydrogens (tertiary/aromatic N) is 4. The van der Waals surface area contributed by atoms with Gasteiger partial charge in [-0.3, -0.25) is 9.25 Å². The lowest BCUT2D eigenvalue weighted by molar-refractivity contribution is 0.533. The second-order valence-corrected chi connectivity index (χ2v) is 6.21. The van der Waals surface area contributed by atoms with Crippen LogP contribution in [0.25, 0.3) is 5.69 Å². The molecule has 5 heteroatoms. The first kappa shape index (κ1) is 12.4. The summed E-state index contributed by atoms with van der Waals surface area (Å²) < 4.78 is 4.14. The fraction of sp³-hybridized carbons (Fsp3) is 0.571. The zero-order chi connectivity index (χ0) is 13.6. The molecule has 0 amide bonds. The number of aryl methyl sites for hydroxylation is 1. The summed E-state index contributed by atoms with van der Waals surface area (Å²) in [6.45, 7) is 8.51. The maximum absolute atomic E-state index is 4.87. The van der Waals surface area contributed by atoms with Crippen LogP contribution in [-0.4, -0.2) is 25.9 Å². The molecule has 1 aliphatic rings. The normalized spacial score (nSPS) is 15.6. The van der Waals surface area contributed by atoms with Crippen LogP contribution in [0.4, 0.5) is 0 Å². The molecule has 0 aliphatic carbocycles. The Morgan fingerprint density at radius 3 is 2.74 bits per heavy atom. The van der Waals surface area contributed by atoms with Crippen LogP contribution in [0.15, 0.2) is 12.4 Å². The van der Waals surface area contributed by atoms with Gasteiger partial charge in [0, 0.05) is 43.9 Å². The van der Waals surface area contributed by atoms with Gasteiger partial charge in [-0.15, -0.1) is 0 Å². The van der Waals surface area contributed by atoms with Gasteiger partial charge in [0.25, 0.3) is 0 Å². The van der Waals surface area contributed by atoms with E-state index in [0.717, 1.165) is 31.0 Å². The van der Waals surface area contributed by atoms with Crippen molar-refractivity contribution in [1.82, 2.24) is 24.6 Å². The molecule has 0 fully saturated rings. The number of nitrogens with one attached hydrogen (secondary N) is 1. The molecule has 19 heavy (non-hydrogen) atoms. The van der Waals surface area contributed by atoms with Gasteiger partial charge in [0.2, 0.25) is 0 Å². The van der Waals surface area contributed by atoms with Crippen LogP contribution < -0.4 is 5.32 Å². The van der Waals surface area contributed by atoms with Crippen molar-refractivity contribution in [3.8, 4) is 5.69 Å². The third kappa shape index (κ3) is 2.08. The lowest BCUT2D eigenvalue weighted by atomic mass is 9.95. The van der Waals surface area contributed by atoms with E-state index in [0.29, 0.717) is 0 Å². The van der Waals surface area contributed by atoms with Gasteiger partial charge in [0.15, 0.2) is 0 Å². The molecule has 0 aromatic carbocycles. The summed E-state index contributed by atoms with van der Waals surface area (Å²) in [7, 11) is 1.95. The van der Waals surface area contributed by atoms with E-state index in [2.05, 4.69) is 42.0 Å². The molecule has 0 saturated heterocycles. The highest BCUT2D eigenvalue weighted by molar-refractivity contribution is 5.37. The van der Waals surface area contributed by atoms with E-state index in [-0.39, 0.29) is 5.41 Å². The first-order chi connectivity index (χ1) is 8.97. The van der Waals surface area contributed by atoms with Crippen LogP contribution in [0.2, 0.25) is 0 Å². The van der Waals surface area contributed by atoms with Crippen molar-refractivity contribution in [3.63, 3.8) is 0 Å². The molecule has 0 spiro atoms. The van der Waals surface area contributed by atoms with Crippen molar-refractivity contribution < 1.29 is 0 Å². The largest absolute Gasteiger partial charge is 0.311 e. The van der Waals surface area contributed by atoms with E-state index in [1.807, 2.05) is 17.9 Å². The third-order valence-electron chi connectivity index (χ3n) is 3.51.